The molecule has 0 aliphatic rings. The lowest BCUT2D eigenvalue weighted by molar-refractivity contribution is 0.114. The minimum atomic E-state index is 0.0356. The van der Waals surface area contributed by atoms with Gasteiger partial charge < -0.3 is 15.2 Å². The van der Waals surface area contributed by atoms with Crippen LogP contribution in [0.15, 0.2) is 18.2 Å². The van der Waals surface area contributed by atoms with Crippen molar-refractivity contribution in [1.29, 1.82) is 0 Å². The molecule has 1 unspecified atom stereocenters. The lowest BCUT2D eigenvalue weighted by Gasteiger charge is -2.14. The van der Waals surface area contributed by atoms with Gasteiger partial charge in [-0.25, -0.2) is 0 Å². The molecule has 0 heterocycles. The first-order valence-corrected chi connectivity index (χ1v) is 8.28. The average Bonchev–Trinajstić information content (AvgIpc) is 2.47. The Labute approximate surface area is 129 Å². The van der Waals surface area contributed by atoms with Gasteiger partial charge in [0.2, 0.25) is 0 Å². The monoisotopic (exact) mass is 293 g/mol. The van der Waals surface area contributed by atoms with Crippen LogP contribution in [0.25, 0.3) is 0 Å². The van der Waals surface area contributed by atoms with Crippen molar-refractivity contribution in [2.45, 2.75) is 65.5 Å². The minimum Gasteiger partial charge on any atom is -0.494 e. The first-order chi connectivity index (χ1) is 10.2. The van der Waals surface area contributed by atoms with Gasteiger partial charge in [0.25, 0.3) is 0 Å². The third kappa shape index (κ3) is 6.96. The van der Waals surface area contributed by atoms with Gasteiger partial charge in [-0.15, -0.1) is 0 Å². The van der Waals surface area contributed by atoms with E-state index in [2.05, 4.69) is 13.0 Å². The van der Waals surface area contributed by atoms with Crippen LogP contribution in [0, 0.1) is 0 Å². The van der Waals surface area contributed by atoms with Gasteiger partial charge in [0.05, 0.1) is 13.2 Å². The Balaban J connectivity index is 2.45. The fraction of sp³-hybridized carbons (Fsp3) is 0.667. The van der Waals surface area contributed by atoms with Crippen molar-refractivity contribution in [3.8, 4) is 5.75 Å². The molecule has 0 aliphatic heterocycles. The summed E-state index contributed by atoms with van der Waals surface area (Å²) in [5.74, 6) is 0.910. The van der Waals surface area contributed by atoms with Gasteiger partial charge in [-0.3, -0.25) is 0 Å². The molecule has 1 aromatic carbocycles. The first kappa shape index (κ1) is 18.0. The molecular formula is C18H31NO2. The maximum absolute atomic E-state index is 5.95. The Morgan fingerprint density at radius 2 is 1.86 bits per heavy atom. The fourth-order valence-corrected chi connectivity index (χ4v) is 2.28. The minimum absolute atomic E-state index is 0.0356. The normalized spacial score (nSPS) is 12.4. The van der Waals surface area contributed by atoms with Gasteiger partial charge in [-0.05, 0) is 38.0 Å². The van der Waals surface area contributed by atoms with Crippen molar-refractivity contribution in [3.05, 3.63) is 29.3 Å². The lowest BCUT2D eigenvalue weighted by atomic mass is 10.1. The molecule has 3 nitrogen and oxygen atoms in total. The van der Waals surface area contributed by atoms with Crippen LogP contribution in [0.2, 0.25) is 0 Å². The number of rotatable bonds is 11. The molecule has 1 aromatic rings. The molecule has 0 bridgehead atoms. The van der Waals surface area contributed by atoms with Gasteiger partial charge in [-0.1, -0.05) is 38.7 Å². The number of unbranched alkanes of at least 4 members (excludes halogenated alkanes) is 4. The molecule has 0 saturated carbocycles. The maximum Gasteiger partial charge on any atom is 0.124 e. The van der Waals surface area contributed by atoms with Crippen LogP contribution >= 0.6 is 0 Å². The summed E-state index contributed by atoms with van der Waals surface area (Å²) in [6.07, 6.45) is 6.31. The van der Waals surface area contributed by atoms with Crippen LogP contribution in [-0.4, -0.2) is 13.2 Å². The molecule has 1 rings (SSSR count). The summed E-state index contributed by atoms with van der Waals surface area (Å²) in [4.78, 5) is 0. The second-order valence-corrected chi connectivity index (χ2v) is 5.56. The highest BCUT2D eigenvalue weighted by Gasteiger charge is 2.07. The molecule has 1 atom stereocenters. The summed E-state index contributed by atoms with van der Waals surface area (Å²) in [5, 5.41) is 0. The Morgan fingerprint density at radius 1 is 1.10 bits per heavy atom. The highest BCUT2D eigenvalue weighted by Crippen LogP contribution is 2.23. The van der Waals surface area contributed by atoms with Crippen molar-refractivity contribution in [2.75, 3.05) is 13.2 Å². The third-order valence-corrected chi connectivity index (χ3v) is 3.56. The van der Waals surface area contributed by atoms with Crippen molar-refractivity contribution >= 4 is 0 Å². The molecule has 0 spiro atoms. The van der Waals surface area contributed by atoms with E-state index in [1.165, 1.54) is 25.7 Å². The van der Waals surface area contributed by atoms with Crippen LogP contribution in [0.1, 0.15) is 70.0 Å². The second-order valence-electron chi connectivity index (χ2n) is 5.56. The zero-order valence-electron chi connectivity index (χ0n) is 13.9. The molecule has 0 aromatic heterocycles. The third-order valence-electron chi connectivity index (χ3n) is 3.56. The predicted octanol–water partition coefficient (Wildman–Crippen LogP) is 4.59. The van der Waals surface area contributed by atoms with Crippen LogP contribution in [0.3, 0.4) is 0 Å². The predicted molar refractivity (Wildman–Crippen MR) is 88.6 cm³/mol. The Bertz CT molecular complexity index is 391. The van der Waals surface area contributed by atoms with E-state index in [0.717, 1.165) is 29.9 Å². The average molecular weight is 293 g/mol. The summed E-state index contributed by atoms with van der Waals surface area (Å²) in [6, 6.07) is 6.17. The summed E-state index contributed by atoms with van der Waals surface area (Å²) in [6.45, 7) is 8.31. The molecular weight excluding hydrogens is 262 g/mol. The highest BCUT2D eigenvalue weighted by atomic mass is 16.5. The summed E-state index contributed by atoms with van der Waals surface area (Å²) in [7, 11) is 0. The SMILES string of the molecule is CCCCCCCOCc1cc(C(C)N)ccc1OCC. The number of ether oxygens (including phenoxy) is 2. The van der Waals surface area contributed by atoms with E-state index in [9.17, 15) is 0 Å². The number of hydrogen-bond donors (Lipinski definition) is 1. The molecule has 0 fully saturated rings. The Kier molecular flexibility index (Phi) is 9.11. The standard InChI is InChI=1S/C18H31NO2/c1-4-6-7-8-9-12-20-14-17-13-16(15(3)19)10-11-18(17)21-5-2/h10-11,13,15H,4-9,12,14,19H2,1-3H3. The van der Waals surface area contributed by atoms with Crippen molar-refractivity contribution in [3.63, 3.8) is 0 Å². The molecule has 0 aliphatic carbocycles. The lowest BCUT2D eigenvalue weighted by Crippen LogP contribution is -2.07. The Morgan fingerprint density at radius 3 is 2.52 bits per heavy atom. The molecule has 3 heteroatoms. The van der Waals surface area contributed by atoms with Crippen LogP contribution < -0.4 is 10.5 Å². The van der Waals surface area contributed by atoms with Crippen molar-refractivity contribution < 1.29 is 9.47 Å². The number of benzene rings is 1. The van der Waals surface area contributed by atoms with Crippen molar-refractivity contribution in [1.82, 2.24) is 0 Å². The van der Waals surface area contributed by atoms with Crippen LogP contribution in [-0.2, 0) is 11.3 Å². The van der Waals surface area contributed by atoms with E-state index in [0.29, 0.717) is 13.2 Å². The zero-order chi connectivity index (χ0) is 15.5. The maximum atomic E-state index is 5.95. The summed E-state index contributed by atoms with van der Waals surface area (Å²) in [5.41, 5.74) is 8.17. The van der Waals surface area contributed by atoms with Crippen LogP contribution in [0.4, 0.5) is 0 Å². The molecule has 2 N–H and O–H groups in total. The van der Waals surface area contributed by atoms with E-state index in [1.807, 2.05) is 26.0 Å². The molecule has 0 amide bonds. The van der Waals surface area contributed by atoms with Crippen LogP contribution in [0.5, 0.6) is 5.75 Å². The molecule has 21 heavy (non-hydrogen) atoms. The van der Waals surface area contributed by atoms with Gasteiger partial charge in [0.15, 0.2) is 0 Å². The van der Waals surface area contributed by atoms with Gasteiger partial charge in [-0.2, -0.15) is 0 Å². The quantitative estimate of drug-likeness (QED) is 0.607. The van der Waals surface area contributed by atoms with E-state index < -0.39 is 0 Å². The summed E-state index contributed by atoms with van der Waals surface area (Å²) >= 11 is 0. The van der Waals surface area contributed by atoms with E-state index in [1.54, 1.807) is 0 Å². The second kappa shape index (κ2) is 10.6. The highest BCUT2D eigenvalue weighted by molar-refractivity contribution is 5.38. The van der Waals surface area contributed by atoms with E-state index in [4.69, 9.17) is 15.2 Å². The molecule has 0 radical (unpaired) electrons. The topological polar surface area (TPSA) is 44.5 Å². The Hall–Kier alpha value is -1.06. The zero-order valence-corrected chi connectivity index (χ0v) is 13.9. The van der Waals surface area contributed by atoms with Gasteiger partial charge >= 0.3 is 0 Å². The smallest absolute Gasteiger partial charge is 0.124 e. The van der Waals surface area contributed by atoms with E-state index in [-0.39, 0.29) is 6.04 Å². The molecule has 0 saturated heterocycles. The number of hydrogen-bond acceptors (Lipinski definition) is 3. The fourth-order valence-electron chi connectivity index (χ4n) is 2.28. The largest absolute Gasteiger partial charge is 0.494 e. The van der Waals surface area contributed by atoms with Crippen molar-refractivity contribution in [2.24, 2.45) is 5.73 Å². The van der Waals surface area contributed by atoms with Gasteiger partial charge in [0.1, 0.15) is 5.75 Å². The van der Waals surface area contributed by atoms with Gasteiger partial charge in [0, 0.05) is 18.2 Å². The molecule has 120 valence electrons. The summed E-state index contributed by atoms with van der Waals surface area (Å²) < 4.78 is 11.5. The number of nitrogens with two attached hydrogens (primary N) is 1. The first-order valence-electron chi connectivity index (χ1n) is 8.28. The van der Waals surface area contributed by atoms with E-state index >= 15 is 0 Å².